The molecule has 7 nitrogen and oxygen atoms in total. The van der Waals surface area contributed by atoms with Crippen LogP contribution >= 0.6 is 22.6 Å². The standard InChI is InChI=1S/C30H34IN3O4/c1-19(35)28-26(31)27(32-34(28)23-10-7-15-33(18-23)29(36)38-30(2,3)4)20-11-13-24(14-12-20)37-25-16-21-8-5-6-9-22(21)17-25/h5-6,8-9,11-14,23,25H,7,10,15-18H2,1-4H3/t23-/m1/s1. The summed E-state index contributed by atoms with van der Waals surface area (Å²) in [7, 11) is 0. The van der Waals surface area contributed by atoms with Gasteiger partial charge in [-0.05, 0) is 91.6 Å². The summed E-state index contributed by atoms with van der Waals surface area (Å²) in [5.74, 6) is 0.788. The van der Waals surface area contributed by atoms with Crippen LogP contribution in [0.25, 0.3) is 11.3 Å². The van der Waals surface area contributed by atoms with E-state index in [0.717, 1.165) is 46.3 Å². The second-order valence-electron chi connectivity index (χ2n) is 11.2. The lowest BCUT2D eigenvalue weighted by molar-refractivity contribution is 0.0167. The van der Waals surface area contributed by atoms with Gasteiger partial charge in [-0.25, -0.2) is 4.79 Å². The van der Waals surface area contributed by atoms with Crippen molar-refractivity contribution in [2.24, 2.45) is 0 Å². The first kappa shape index (κ1) is 26.7. The van der Waals surface area contributed by atoms with E-state index < -0.39 is 5.60 Å². The summed E-state index contributed by atoms with van der Waals surface area (Å²) in [6.07, 6.45) is 3.32. The number of halogens is 1. The summed E-state index contributed by atoms with van der Waals surface area (Å²) in [5.41, 5.74) is 4.45. The molecule has 1 amide bonds. The number of aromatic nitrogens is 2. The number of Topliss-reactive ketones (excluding diaryl/α,β-unsaturated/α-hetero) is 1. The Morgan fingerprint density at radius 2 is 1.68 bits per heavy atom. The molecular formula is C30H34IN3O4. The number of likely N-dealkylation sites (tertiary alicyclic amines) is 1. The number of nitrogens with zero attached hydrogens (tertiary/aromatic N) is 3. The van der Waals surface area contributed by atoms with Gasteiger partial charge in [-0.2, -0.15) is 5.10 Å². The normalized spacial score (nSPS) is 17.8. The first-order chi connectivity index (χ1) is 18.1. The Balaban J connectivity index is 1.34. The highest BCUT2D eigenvalue weighted by Crippen LogP contribution is 2.34. The van der Waals surface area contributed by atoms with Crippen LogP contribution in [0.2, 0.25) is 0 Å². The lowest BCUT2D eigenvalue weighted by Crippen LogP contribution is -2.44. The SMILES string of the molecule is CC(=O)c1c(I)c(-c2ccc(OC3Cc4ccccc4C3)cc2)nn1[C@@H]1CCCN(C(=O)OC(C)(C)C)C1. The summed E-state index contributed by atoms with van der Waals surface area (Å²) < 4.78 is 14.5. The monoisotopic (exact) mass is 627 g/mol. The van der Waals surface area contributed by atoms with E-state index in [1.165, 1.54) is 11.1 Å². The molecule has 2 heterocycles. The molecule has 1 atom stereocenters. The highest BCUT2D eigenvalue weighted by molar-refractivity contribution is 14.1. The minimum Gasteiger partial charge on any atom is -0.490 e. The fraction of sp³-hybridized carbons (Fsp3) is 0.433. The molecule has 0 radical (unpaired) electrons. The largest absolute Gasteiger partial charge is 0.490 e. The number of amides is 1. The molecule has 1 aromatic heterocycles. The highest BCUT2D eigenvalue weighted by atomic mass is 127. The van der Waals surface area contributed by atoms with Crippen LogP contribution in [0.5, 0.6) is 5.75 Å². The molecular weight excluding hydrogens is 593 g/mol. The van der Waals surface area contributed by atoms with Gasteiger partial charge in [0.05, 0.1) is 9.61 Å². The van der Waals surface area contributed by atoms with Crippen LogP contribution in [-0.2, 0) is 17.6 Å². The van der Waals surface area contributed by atoms with E-state index in [-0.39, 0.29) is 24.0 Å². The number of hydrogen-bond donors (Lipinski definition) is 0. The molecule has 0 saturated carbocycles. The molecule has 2 aromatic carbocycles. The van der Waals surface area contributed by atoms with Gasteiger partial charge in [0.2, 0.25) is 0 Å². The number of carbonyl (C=O) groups excluding carboxylic acids is 2. The van der Waals surface area contributed by atoms with Crippen molar-refractivity contribution in [1.82, 2.24) is 14.7 Å². The van der Waals surface area contributed by atoms with E-state index in [1.54, 1.807) is 11.8 Å². The molecule has 3 aromatic rings. The van der Waals surface area contributed by atoms with Crippen molar-refractivity contribution in [3.63, 3.8) is 0 Å². The number of fused-ring (bicyclic) bond motifs is 1. The van der Waals surface area contributed by atoms with E-state index in [9.17, 15) is 9.59 Å². The minimum atomic E-state index is -0.555. The molecule has 1 aliphatic heterocycles. The van der Waals surface area contributed by atoms with Crippen LogP contribution in [-0.4, -0.2) is 51.4 Å². The van der Waals surface area contributed by atoms with E-state index in [4.69, 9.17) is 14.6 Å². The van der Waals surface area contributed by atoms with Crippen LogP contribution < -0.4 is 4.74 Å². The maximum absolute atomic E-state index is 12.7. The Morgan fingerprint density at radius 3 is 2.29 bits per heavy atom. The summed E-state index contributed by atoms with van der Waals surface area (Å²) >= 11 is 2.22. The molecule has 1 saturated heterocycles. The highest BCUT2D eigenvalue weighted by Gasteiger charge is 2.32. The first-order valence-corrected chi connectivity index (χ1v) is 14.3. The van der Waals surface area contributed by atoms with Gasteiger partial charge < -0.3 is 14.4 Å². The van der Waals surface area contributed by atoms with Gasteiger partial charge in [-0.1, -0.05) is 24.3 Å². The molecule has 0 spiro atoms. The fourth-order valence-corrected chi connectivity index (χ4v) is 6.36. The van der Waals surface area contributed by atoms with Crippen molar-refractivity contribution >= 4 is 34.5 Å². The van der Waals surface area contributed by atoms with Gasteiger partial charge in [0.1, 0.15) is 28.8 Å². The third-order valence-corrected chi connectivity index (χ3v) is 8.05. The van der Waals surface area contributed by atoms with Crippen LogP contribution in [0, 0.1) is 3.57 Å². The average Bonchev–Trinajstić information content (AvgIpc) is 3.44. The van der Waals surface area contributed by atoms with Gasteiger partial charge in [0.25, 0.3) is 0 Å². The Morgan fingerprint density at radius 1 is 1.03 bits per heavy atom. The molecule has 8 heteroatoms. The lowest BCUT2D eigenvalue weighted by atomic mass is 10.1. The molecule has 38 heavy (non-hydrogen) atoms. The third-order valence-electron chi connectivity index (χ3n) is 7.02. The van der Waals surface area contributed by atoms with Crippen LogP contribution in [0.15, 0.2) is 48.5 Å². The van der Waals surface area contributed by atoms with Gasteiger partial charge in [0, 0.05) is 38.4 Å². The Kier molecular flexibility index (Phi) is 7.53. The van der Waals surface area contributed by atoms with Crippen molar-refractivity contribution in [1.29, 1.82) is 0 Å². The molecule has 5 rings (SSSR count). The number of benzene rings is 2. The molecule has 2 aliphatic rings. The molecule has 0 N–H and O–H groups in total. The zero-order valence-electron chi connectivity index (χ0n) is 22.4. The zero-order valence-corrected chi connectivity index (χ0v) is 24.5. The van der Waals surface area contributed by atoms with Crippen LogP contribution in [0.1, 0.15) is 68.2 Å². The zero-order chi connectivity index (χ0) is 27.0. The number of rotatable bonds is 5. The second-order valence-corrected chi connectivity index (χ2v) is 12.3. The van der Waals surface area contributed by atoms with Gasteiger partial charge in [0.15, 0.2) is 5.78 Å². The van der Waals surface area contributed by atoms with E-state index in [0.29, 0.717) is 18.8 Å². The molecule has 0 bridgehead atoms. The Labute approximate surface area is 237 Å². The molecule has 200 valence electrons. The average molecular weight is 628 g/mol. The number of carbonyl (C=O) groups is 2. The topological polar surface area (TPSA) is 73.7 Å². The molecule has 1 aliphatic carbocycles. The molecule has 0 unspecified atom stereocenters. The number of hydrogen-bond acceptors (Lipinski definition) is 5. The number of piperidine rings is 1. The molecule has 1 fully saturated rings. The number of ketones is 1. The maximum Gasteiger partial charge on any atom is 0.410 e. The van der Waals surface area contributed by atoms with Crippen LogP contribution in [0.4, 0.5) is 4.79 Å². The summed E-state index contributed by atoms with van der Waals surface area (Å²) in [6, 6.07) is 16.4. The summed E-state index contributed by atoms with van der Waals surface area (Å²) in [6.45, 7) is 8.27. The van der Waals surface area contributed by atoms with Crippen molar-refractivity contribution in [3.8, 4) is 17.0 Å². The first-order valence-electron chi connectivity index (χ1n) is 13.2. The second kappa shape index (κ2) is 10.7. The quantitative estimate of drug-likeness (QED) is 0.239. The van der Waals surface area contributed by atoms with E-state index >= 15 is 0 Å². The van der Waals surface area contributed by atoms with E-state index in [2.05, 4.69) is 46.9 Å². The van der Waals surface area contributed by atoms with E-state index in [1.807, 2.05) is 49.7 Å². The summed E-state index contributed by atoms with van der Waals surface area (Å²) in [4.78, 5) is 27.2. The predicted octanol–water partition coefficient (Wildman–Crippen LogP) is 6.48. The fourth-order valence-electron chi connectivity index (χ4n) is 5.31. The Hall–Kier alpha value is -2.88. The van der Waals surface area contributed by atoms with Crippen molar-refractivity contribution in [3.05, 3.63) is 68.9 Å². The predicted molar refractivity (Wildman–Crippen MR) is 155 cm³/mol. The third kappa shape index (κ3) is 5.75. The van der Waals surface area contributed by atoms with Crippen molar-refractivity contribution in [2.75, 3.05) is 13.1 Å². The van der Waals surface area contributed by atoms with Crippen molar-refractivity contribution < 1.29 is 19.1 Å². The van der Waals surface area contributed by atoms with Gasteiger partial charge >= 0.3 is 6.09 Å². The lowest BCUT2D eigenvalue weighted by Gasteiger charge is -2.34. The van der Waals surface area contributed by atoms with Gasteiger partial charge in [-0.3, -0.25) is 9.48 Å². The smallest absolute Gasteiger partial charge is 0.410 e. The van der Waals surface area contributed by atoms with Gasteiger partial charge in [-0.15, -0.1) is 0 Å². The number of ether oxygens (including phenoxy) is 2. The van der Waals surface area contributed by atoms with Crippen molar-refractivity contribution in [2.45, 2.75) is 71.1 Å². The minimum absolute atomic E-state index is 0.0386. The summed E-state index contributed by atoms with van der Waals surface area (Å²) in [5, 5.41) is 4.92. The maximum atomic E-state index is 12.7. The van der Waals surface area contributed by atoms with Crippen LogP contribution in [0.3, 0.4) is 0 Å². The Bertz CT molecular complexity index is 1320.